The van der Waals surface area contributed by atoms with Crippen LogP contribution in [0.25, 0.3) is 11.1 Å². The molecule has 6 heteroatoms. The number of hydrogen-bond acceptors (Lipinski definition) is 3. The third-order valence-electron chi connectivity index (χ3n) is 5.08. The molecule has 28 heavy (non-hydrogen) atoms. The van der Waals surface area contributed by atoms with Gasteiger partial charge in [-0.05, 0) is 73.9 Å². The minimum atomic E-state index is -1.10. The lowest BCUT2D eigenvalue weighted by Crippen LogP contribution is -2.40. The molecule has 1 amide bonds. The zero-order valence-electron chi connectivity index (χ0n) is 17.0. The van der Waals surface area contributed by atoms with Gasteiger partial charge in [-0.3, -0.25) is 0 Å². The lowest BCUT2D eigenvalue weighted by atomic mass is 9.70. The molecule has 150 valence electrons. The van der Waals surface area contributed by atoms with Crippen LogP contribution in [0.4, 0.5) is 9.18 Å². The first-order chi connectivity index (χ1) is 13.0. The highest BCUT2D eigenvalue weighted by Gasteiger charge is 2.37. The van der Waals surface area contributed by atoms with Crippen molar-refractivity contribution in [2.45, 2.75) is 59.1 Å². The predicted molar refractivity (Wildman–Crippen MR) is 106 cm³/mol. The summed E-state index contributed by atoms with van der Waals surface area (Å²) in [6.07, 6.45) is 2.08. The van der Waals surface area contributed by atoms with Crippen LogP contribution in [0.1, 0.15) is 58.2 Å². The van der Waals surface area contributed by atoms with E-state index in [4.69, 9.17) is 4.74 Å². The predicted octanol–water partition coefficient (Wildman–Crippen LogP) is 5.35. The molecule has 3 rings (SSSR count). The topological polar surface area (TPSA) is 71.5 Å². The summed E-state index contributed by atoms with van der Waals surface area (Å²) in [5, 5.41) is 11.8. The Morgan fingerprint density at radius 3 is 2.68 bits per heavy atom. The monoisotopic (exact) mass is 386 g/mol. The number of fused-ring (bicyclic) bond motifs is 1. The highest BCUT2D eigenvalue weighted by Crippen LogP contribution is 2.45. The second-order valence-corrected chi connectivity index (χ2v) is 9.00. The molecule has 0 aliphatic heterocycles. The molecule has 2 N–H and O–H groups in total. The van der Waals surface area contributed by atoms with E-state index in [0.29, 0.717) is 22.6 Å². The van der Waals surface area contributed by atoms with E-state index in [1.165, 1.54) is 6.07 Å². The summed E-state index contributed by atoms with van der Waals surface area (Å²) in [6, 6.07) is 6.33. The first-order valence-electron chi connectivity index (χ1n) is 9.43. The Morgan fingerprint density at radius 2 is 2.04 bits per heavy atom. The normalized spacial score (nSPS) is 18.3. The number of carboxylic acid groups (broad SMARTS) is 1. The fourth-order valence-corrected chi connectivity index (χ4v) is 3.71. The van der Waals surface area contributed by atoms with Gasteiger partial charge in [0.05, 0.1) is 6.04 Å². The average Bonchev–Trinajstić information content (AvgIpc) is 2.56. The first-order valence-corrected chi connectivity index (χ1v) is 9.43. The van der Waals surface area contributed by atoms with Crippen LogP contribution >= 0.6 is 0 Å². The molecule has 1 aromatic heterocycles. The summed E-state index contributed by atoms with van der Waals surface area (Å²) < 4.78 is 20.9. The minimum Gasteiger partial charge on any atom is -0.472 e. The van der Waals surface area contributed by atoms with E-state index in [1.807, 2.05) is 40.7 Å². The molecule has 0 fully saturated rings. The van der Waals surface area contributed by atoms with Crippen molar-refractivity contribution in [2.24, 2.45) is 5.41 Å². The number of pyridine rings is 1. The van der Waals surface area contributed by atoms with Gasteiger partial charge < -0.3 is 15.2 Å². The van der Waals surface area contributed by atoms with Crippen LogP contribution < -0.4 is 10.1 Å². The maximum Gasteiger partial charge on any atom is 0.405 e. The molecule has 0 spiro atoms. The van der Waals surface area contributed by atoms with Gasteiger partial charge in [-0.2, -0.15) is 0 Å². The zero-order chi connectivity index (χ0) is 20.7. The second kappa shape index (κ2) is 7.08. The van der Waals surface area contributed by atoms with Crippen LogP contribution in [-0.4, -0.2) is 21.8 Å². The number of aromatic nitrogens is 1. The Morgan fingerprint density at radius 1 is 1.32 bits per heavy atom. The van der Waals surface area contributed by atoms with Gasteiger partial charge in [-0.15, -0.1) is 0 Å². The number of halogens is 1. The van der Waals surface area contributed by atoms with E-state index in [9.17, 15) is 9.90 Å². The van der Waals surface area contributed by atoms with Crippen molar-refractivity contribution in [2.75, 3.05) is 0 Å². The standard InChI is InChI=1S/C22H27FN2O3/c1-21(2,3)28-18-11-14(7-9-24-18)15-10-13-6-8-22(4,5)19(25-20(26)27)16(13)12-17(15)23/h7,9-12,19,25H,6,8H2,1-5H3,(H,26,27). The highest BCUT2D eigenvalue weighted by molar-refractivity contribution is 5.68. The molecule has 1 unspecified atom stereocenters. The number of hydrogen-bond donors (Lipinski definition) is 2. The number of benzene rings is 1. The summed E-state index contributed by atoms with van der Waals surface area (Å²) >= 11 is 0. The Hall–Kier alpha value is -2.63. The molecule has 1 aliphatic rings. The minimum absolute atomic E-state index is 0.288. The van der Waals surface area contributed by atoms with Crippen LogP contribution in [0.2, 0.25) is 0 Å². The molecule has 1 aliphatic carbocycles. The zero-order valence-corrected chi connectivity index (χ0v) is 17.0. The molecular weight excluding hydrogens is 359 g/mol. The Bertz CT molecular complexity index is 903. The van der Waals surface area contributed by atoms with Crippen LogP contribution in [-0.2, 0) is 6.42 Å². The van der Waals surface area contributed by atoms with Crippen molar-refractivity contribution >= 4 is 6.09 Å². The van der Waals surface area contributed by atoms with Gasteiger partial charge in [0, 0.05) is 17.8 Å². The van der Waals surface area contributed by atoms with Crippen molar-refractivity contribution in [3.63, 3.8) is 0 Å². The molecule has 0 saturated heterocycles. The largest absolute Gasteiger partial charge is 0.472 e. The maximum atomic E-state index is 15.1. The number of amides is 1. The summed E-state index contributed by atoms with van der Waals surface area (Å²) in [5.74, 6) is 0.0511. The van der Waals surface area contributed by atoms with Crippen LogP contribution in [0.3, 0.4) is 0 Å². The van der Waals surface area contributed by atoms with Gasteiger partial charge in [0.15, 0.2) is 0 Å². The quantitative estimate of drug-likeness (QED) is 0.746. The molecule has 0 bridgehead atoms. The van der Waals surface area contributed by atoms with Gasteiger partial charge in [0.2, 0.25) is 5.88 Å². The van der Waals surface area contributed by atoms with E-state index in [2.05, 4.69) is 10.3 Å². The van der Waals surface area contributed by atoms with Crippen LogP contribution in [0.5, 0.6) is 5.88 Å². The van der Waals surface area contributed by atoms with Crippen molar-refractivity contribution in [3.05, 3.63) is 47.4 Å². The van der Waals surface area contributed by atoms with Gasteiger partial charge in [0.1, 0.15) is 11.4 Å². The number of rotatable bonds is 3. The summed E-state index contributed by atoms with van der Waals surface area (Å²) in [4.78, 5) is 15.5. The van der Waals surface area contributed by atoms with E-state index in [-0.39, 0.29) is 11.2 Å². The van der Waals surface area contributed by atoms with E-state index >= 15 is 4.39 Å². The van der Waals surface area contributed by atoms with Gasteiger partial charge >= 0.3 is 6.09 Å². The number of nitrogens with zero attached hydrogens (tertiary/aromatic N) is 1. The van der Waals surface area contributed by atoms with Crippen molar-refractivity contribution in [1.29, 1.82) is 0 Å². The molecule has 1 atom stereocenters. The fourth-order valence-electron chi connectivity index (χ4n) is 3.71. The Labute approximate surface area is 165 Å². The Kier molecular flexibility index (Phi) is 5.08. The molecule has 1 aromatic carbocycles. The summed E-state index contributed by atoms with van der Waals surface area (Å²) in [6.45, 7) is 9.79. The third-order valence-corrected chi connectivity index (χ3v) is 5.08. The van der Waals surface area contributed by atoms with Crippen molar-refractivity contribution in [1.82, 2.24) is 10.3 Å². The molecular formula is C22H27FN2O3. The lowest BCUT2D eigenvalue weighted by molar-refractivity contribution is 0.124. The number of ether oxygens (including phenoxy) is 1. The van der Waals surface area contributed by atoms with Gasteiger partial charge in [-0.1, -0.05) is 13.8 Å². The average molecular weight is 386 g/mol. The lowest BCUT2D eigenvalue weighted by Gasteiger charge is -2.40. The molecule has 1 heterocycles. The smallest absolute Gasteiger partial charge is 0.405 e. The maximum absolute atomic E-state index is 15.1. The highest BCUT2D eigenvalue weighted by atomic mass is 19.1. The van der Waals surface area contributed by atoms with Gasteiger partial charge in [-0.25, -0.2) is 14.2 Å². The number of nitrogens with one attached hydrogen (secondary N) is 1. The van der Waals surface area contributed by atoms with E-state index in [1.54, 1.807) is 18.3 Å². The number of aryl methyl sites for hydroxylation is 1. The van der Waals surface area contributed by atoms with E-state index in [0.717, 1.165) is 18.4 Å². The van der Waals surface area contributed by atoms with Crippen molar-refractivity contribution in [3.8, 4) is 17.0 Å². The van der Waals surface area contributed by atoms with E-state index < -0.39 is 17.7 Å². The third kappa shape index (κ3) is 4.26. The molecule has 0 radical (unpaired) electrons. The molecule has 5 nitrogen and oxygen atoms in total. The molecule has 0 saturated carbocycles. The summed E-state index contributed by atoms with van der Waals surface area (Å²) in [5.41, 5.74) is 2.13. The van der Waals surface area contributed by atoms with Crippen molar-refractivity contribution < 1.29 is 19.0 Å². The number of carbonyl (C=O) groups is 1. The second-order valence-electron chi connectivity index (χ2n) is 9.00. The first kappa shape index (κ1) is 20.1. The Balaban J connectivity index is 2.03. The van der Waals surface area contributed by atoms with Crippen LogP contribution in [0, 0.1) is 11.2 Å². The van der Waals surface area contributed by atoms with Gasteiger partial charge in [0.25, 0.3) is 0 Å². The fraction of sp³-hybridized carbons (Fsp3) is 0.455. The summed E-state index contributed by atoms with van der Waals surface area (Å²) in [7, 11) is 0. The molecule has 2 aromatic rings. The van der Waals surface area contributed by atoms with Crippen LogP contribution in [0.15, 0.2) is 30.5 Å². The SMILES string of the molecule is CC(C)(C)Oc1cc(-c2cc3c(cc2F)C(NC(=O)O)C(C)(C)CC3)ccn1.